The van der Waals surface area contributed by atoms with Gasteiger partial charge in [-0.05, 0) is 70.5 Å². The number of hydrogen-bond donors (Lipinski definition) is 3. The molecule has 0 saturated heterocycles. The van der Waals surface area contributed by atoms with Crippen molar-refractivity contribution >= 4 is 29.2 Å². The maximum absolute atomic E-state index is 12.4. The molecular formula is C23H30N4O3. The van der Waals surface area contributed by atoms with E-state index in [2.05, 4.69) is 16.0 Å². The Morgan fingerprint density at radius 2 is 1.63 bits per heavy atom. The van der Waals surface area contributed by atoms with Crippen molar-refractivity contribution in [2.75, 3.05) is 24.2 Å². The number of aryl methyl sites for hydroxylation is 3. The Morgan fingerprint density at radius 1 is 0.933 bits per heavy atom. The molecule has 0 aliphatic carbocycles. The van der Waals surface area contributed by atoms with Crippen LogP contribution in [0.4, 0.5) is 16.2 Å². The largest absolute Gasteiger partial charge is 0.325 e. The first-order valence-electron chi connectivity index (χ1n) is 9.84. The number of urea groups is 1. The highest BCUT2D eigenvalue weighted by atomic mass is 16.2. The average Bonchev–Trinajstić information content (AvgIpc) is 2.66. The molecule has 2 rings (SSSR count). The Kier molecular flexibility index (Phi) is 7.72. The van der Waals surface area contributed by atoms with E-state index in [1.54, 1.807) is 24.9 Å². The van der Waals surface area contributed by atoms with Gasteiger partial charge in [-0.15, -0.1) is 0 Å². The van der Waals surface area contributed by atoms with Crippen molar-refractivity contribution in [3.05, 3.63) is 58.7 Å². The van der Waals surface area contributed by atoms with Crippen molar-refractivity contribution in [3.63, 3.8) is 0 Å². The number of rotatable bonds is 6. The molecule has 3 N–H and O–H groups in total. The predicted octanol–water partition coefficient (Wildman–Crippen LogP) is 3.53. The van der Waals surface area contributed by atoms with Gasteiger partial charge in [-0.25, -0.2) is 4.79 Å². The summed E-state index contributed by atoms with van der Waals surface area (Å²) in [7, 11) is 1.66. The zero-order valence-electron chi connectivity index (χ0n) is 18.4. The van der Waals surface area contributed by atoms with Crippen LogP contribution in [0.25, 0.3) is 0 Å². The van der Waals surface area contributed by atoms with Crippen LogP contribution in [0.1, 0.15) is 29.2 Å². The molecule has 0 radical (unpaired) electrons. The van der Waals surface area contributed by atoms with E-state index in [1.165, 1.54) is 0 Å². The van der Waals surface area contributed by atoms with Gasteiger partial charge >= 0.3 is 6.03 Å². The van der Waals surface area contributed by atoms with Crippen LogP contribution in [0, 0.1) is 27.7 Å². The standard InChI is InChI=1S/C23H30N4O3/c1-14-10-11-19(16(3)12-14)25-23(30)26-22(29)18(5)27(6)13-21(28)24-20-9-7-8-15(2)17(20)4/h7-12,18H,13H2,1-6H3,(H,24,28)(H2,25,26,29,30). The van der Waals surface area contributed by atoms with Crippen LogP contribution < -0.4 is 16.0 Å². The number of anilines is 2. The zero-order valence-corrected chi connectivity index (χ0v) is 18.4. The minimum atomic E-state index is -0.667. The van der Waals surface area contributed by atoms with Gasteiger partial charge in [0.25, 0.3) is 0 Å². The van der Waals surface area contributed by atoms with Crippen molar-refractivity contribution in [2.45, 2.75) is 40.7 Å². The Balaban J connectivity index is 1.89. The van der Waals surface area contributed by atoms with Crippen LogP contribution >= 0.6 is 0 Å². The van der Waals surface area contributed by atoms with Crippen LogP contribution in [0.15, 0.2) is 36.4 Å². The molecule has 0 aromatic heterocycles. The van der Waals surface area contributed by atoms with E-state index in [0.717, 1.165) is 27.9 Å². The average molecular weight is 411 g/mol. The van der Waals surface area contributed by atoms with E-state index in [9.17, 15) is 14.4 Å². The molecule has 0 fully saturated rings. The van der Waals surface area contributed by atoms with E-state index < -0.39 is 18.0 Å². The summed E-state index contributed by atoms with van der Waals surface area (Å²) in [5.41, 5.74) is 5.47. The summed E-state index contributed by atoms with van der Waals surface area (Å²) in [6, 6.07) is 10.1. The lowest BCUT2D eigenvalue weighted by molar-refractivity contribution is -0.125. The number of imide groups is 1. The fourth-order valence-electron chi connectivity index (χ4n) is 2.96. The van der Waals surface area contributed by atoms with E-state index >= 15 is 0 Å². The highest BCUT2D eigenvalue weighted by Crippen LogP contribution is 2.18. The van der Waals surface area contributed by atoms with Crippen molar-refractivity contribution in [1.29, 1.82) is 0 Å². The summed E-state index contributed by atoms with van der Waals surface area (Å²) in [5, 5.41) is 7.87. The molecule has 160 valence electrons. The molecule has 2 aromatic carbocycles. The monoisotopic (exact) mass is 410 g/mol. The van der Waals surface area contributed by atoms with Gasteiger partial charge in [-0.3, -0.25) is 19.8 Å². The first-order valence-corrected chi connectivity index (χ1v) is 9.84. The Morgan fingerprint density at radius 3 is 2.30 bits per heavy atom. The molecule has 0 aliphatic heterocycles. The van der Waals surface area contributed by atoms with Gasteiger partial charge in [0.05, 0.1) is 12.6 Å². The summed E-state index contributed by atoms with van der Waals surface area (Å²) < 4.78 is 0. The van der Waals surface area contributed by atoms with Crippen molar-refractivity contribution in [3.8, 4) is 0 Å². The first-order chi connectivity index (χ1) is 14.1. The molecule has 1 atom stereocenters. The summed E-state index contributed by atoms with van der Waals surface area (Å²) in [4.78, 5) is 38.6. The molecular weight excluding hydrogens is 380 g/mol. The van der Waals surface area contributed by atoms with Crippen molar-refractivity contribution in [2.24, 2.45) is 0 Å². The molecule has 4 amide bonds. The SMILES string of the molecule is Cc1ccc(NC(=O)NC(=O)C(C)N(C)CC(=O)Nc2cccc(C)c2C)c(C)c1. The van der Waals surface area contributed by atoms with Crippen LogP contribution in [0.2, 0.25) is 0 Å². The minimum Gasteiger partial charge on any atom is -0.325 e. The first kappa shape index (κ1) is 23.1. The number of amides is 4. The number of carbonyl (C=O) groups excluding carboxylic acids is 3. The number of likely N-dealkylation sites (N-methyl/N-ethyl adjacent to an activating group) is 1. The highest BCUT2D eigenvalue weighted by Gasteiger charge is 2.22. The molecule has 7 nitrogen and oxygen atoms in total. The Hall–Kier alpha value is -3.19. The third-order valence-corrected chi connectivity index (χ3v) is 5.18. The van der Waals surface area contributed by atoms with Gasteiger partial charge in [0.2, 0.25) is 11.8 Å². The highest BCUT2D eigenvalue weighted by molar-refractivity contribution is 6.03. The zero-order chi connectivity index (χ0) is 22.4. The van der Waals surface area contributed by atoms with Crippen molar-refractivity contribution < 1.29 is 14.4 Å². The molecule has 7 heteroatoms. The summed E-state index contributed by atoms with van der Waals surface area (Å²) in [6.45, 7) is 9.43. The van der Waals surface area contributed by atoms with Crippen LogP contribution in [-0.4, -0.2) is 42.4 Å². The number of nitrogens with one attached hydrogen (secondary N) is 3. The molecule has 0 bridgehead atoms. The lowest BCUT2D eigenvalue weighted by Crippen LogP contribution is -2.48. The van der Waals surface area contributed by atoms with Gasteiger partial charge in [-0.2, -0.15) is 0 Å². The number of benzene rings is 2. The number of nitrogens with zero attached hydrogens (tertiary/aromatic N) is 1. The fourth-order valence-corrected chi connectivity index (χ4v) is 2.96. The molecule has 0 saturated carbocycles. The second-order valence-corrected chi connectivity index (χ2v) is 7.65. The molecule has 0 spiro atoms. The summed E-state index contributed by atoms with van der Waals surface area (Å²) >= 11 is 0. The topological polar surface area (TPSA) is 90.5 Å². The fraction of sp³-hybridized carbons (Fsp3) is 0.348. The van der Waals surface area contributed by atoms with Crippen LogP contribution in [0.3, 0.4) is 0 Å². The van der Waals surface area contributed by atoms with Crippen LogP contribution in [0.5, 0.6) is 0 Å². The Labute approximate surface area is 177 Å². The quantitative estimate of drug-likeness (QED) is 0.680. The lowest BCUT2D eigenvalue weighted by atomic mass is 10.1. The maximum Gasteiger partial charge on any atom is 0.325 e. The number of carbonyl (C=O) groups is 3. The van der Waals surface area contributed by atoms with Gasteiger partial charge in [-0.1, -0.05) is 29.8 Å². The lowest BCUT2D eigenvalue weighted by Gasteiger charge is -2.23. The third kappa shape index (κ3) is 6.15. The number of hydrogen-bond acceptors (Lipinski definition) is 4. The maximum atomic E-state index is 12.4. The van der Waals surface area contributed by atoms with Gasteiger partial charge in [0, 0.05) is 11.4 Å². The summed E-state index contributed by atoms with van der Waals surface area (Å²) in [6.07, 6.45) is 0. The smallest absolute Gasteiger partial charge is 0.325 e. The van der Waals surface area contributed by atoms with Gasteiger partial charge in [0.15, 0.2) is 0 Å². The van der Waals surface area contributed by atoms with E-state index in [4.69, 9.17) is 0 Å². The normalized spacial score (nSPS) is 11.7. The van der Waals surface area contributed by atoms with Crippen molar-refractivity contribution in [1.82, 2.24) is 10.2 Å². The second-order valence-electron chi connectivity index (χ2n) is 7.65. The van der Waals surface area contributed by atoms with E-state index in [1.807, 2.05) is 58.0 Å². The Bertz CT molecular complexity index is 955. The molecule has 0 heterocycles. The molecule has 30 heavy (non-hydrogen) atoms. The third-order valence-electron chi connectivity index (χ3n) is 5.18. The van der Waals surface area contributed by atoms with Gasteiger partial charge < -0.3 is 10.6 Å². The summed E-state index contributed by atoms with van der Waals surface area (Å²) in [5.74, 6) is -0.718. The van der Waals surface area contributed by atoms with Crippen LogP contribution in [-0.2, 0) is 9.59 Å². The van der Waals surface area contributed by atoms with Gasteiger partial charge in [0.1, 0.15) is 0 Å². The predicted molar refractivity (Wildman–Crippen MR) is 120 cm³/mol. The van der Waals surface area contributed by atoms with E-state index in [0.29, 0.717) is 5.69 Å². The second kappa shape index (κ2) is 10.0. The molecule has 0 aliphatic rings. The molecule has 2 aromatic rings. The van der Waals surface area contributed by atoms with E-state index in [-0.39, 0.29) is 12.5 Å². The minimum absolute atomic E-state index is 0.0145. The molecule has 1 unspecified atom stereocenters.